The van der Waals surface area contributed by atoms with E-state index in [1.54, 1.807) is 0 Å². The highest BCUT2D eigenvalue weighted by Crippen LogP contribution is 2.25. The van der Waals surface area contributed by atoms with Crippen molar-refractivity contribution in [2.75, 3.05) is 33.1 Å². The Morgan fingerprint density at radius 2 is 1.80 bits per heavy atom. The zero-order valence-electron chi connectivity index (χ0n) is 14.6. The number of amides is 1. The average Bonchev–Trinajstić information content (AvgIpc) is 2.67. The van der Waals surface area contributed by atoms with E-state index < -0.39 is 6.29 Å². The lowest BCUT2D eigenvalue weighted by Crippen LogP contribution is -2.40. The first-order chi connectivity index (χ1) is 12.1. The van der Waals surface area contributed by atoms with E-state index in [2.05, 4.69) is 0 Å². The smallest absolute Gasteiger partial charge is 0.253 e. The molecule has 7 heteroatoms. The van der Waals surface area contributed by atoms with Gasteiger partial charge < -0.3 is 14.4 Å². The minimum absolute atomic E-state index is 0.0384. The van der Waals surface area contributed by atoms with Crippen molar-refractivity contribution in [3.63, 3.8) is 0 Å². The van der Waals surface area contributed by atoms with Crippen LogP contribution < -0.4 is 0 Å². The van der Waals surface area contributed by atoms with Crippen LogP contribution >= 0.6 is 11.8 Å². The summed E-state index contributed by atoms with van der Waals surface area (Å²) < 4.78 is 9.84. The van der Waals surface area contributed by atoms with Gasteiger partial charge in [-0.15, -0.1) is 11.8 Å². The van der Waals surface area contributed by atoms with Crippen LogP contribution in [0.1, 0.15) is 23.2 Å². The number of methoxy groups -OCH3 is 2. The number of carbonyl (C=O) groups excluding carboxylic acids is 2. The summed E-state index contributed by atoms with van der Waals surface area (Å²) in [7, 11) is 2.84. The first-order valence-corrected chi connectivity index (χ1v) is 9.19. The van der Waals surface area contributed by atoms with Crippen LogP contribution in [0.25, 0.3) is 0 Å². The Balaban J connectivity index is 1.78. The normalized spacial score (nSPS) is 15.4. The number of nitrogens with one attached hydrogen (secondary N) is 1. The summed E-state index contributed by atoms with van der Waals surface area (Å²) in [6.45, 7) is 1.27. The predicted molar refractivity (Wildman–Crippen MR) is 98.1 cm³/mol. The molecule has 1 aromatic carbocycles. The van der Waals surface area contributed by atoms with Gasteiger partial charge in [-0.2, -0.15) is 0 Å². The second kappa shape index (κ2) is 9.70. The molecule has 136 valence electrons. The Hall–Kier alpha value is -1.70. The summed E-state index contributed by atoms with van der Waals surface area (Å²) >= 11 is 1.23. The quantitative estimate of drug-likeness (QED) is 0.457. The van der Waals surface area contributed by atoms with Crippen molar-refractivity contribution in [3.05, 3.63) is 35.9 Å². The van der Waals surface area contributed by atoms with Gasteiger partial charge in [-0.05, 0) is 25.0 Å². The van der Waals surface area contributed by atoms with Crippen LogP contribution in [0.2, 0.25) is 0 Å². The number of ether oxygens (including phenoxy) is 2. The predicted octanol–water partition coefficient (Wildman–Crippen LogP) is 2.44. The number of piperidine rings is 1. The maximum absolute atomic E-state index is 12.4. The fourth-order valence-corrected chi connectivity index (χ4v) is 3.71. The highest BCUT2D eigenvalue weighted by molar-refractivity contribution is 8.14. The van der Waals surface area contributed by atoms with Gasteiger partial charge in [0.1, 0.15) is 0 Å². The van der Waals surface area contributed by atoms with Gasteiger partial charge in [0.25, 0.3) is 5.91 Å². The number of thioether (sulfide) groups is 1. The van der Waals surface area contributed by atoms with Crippen LogP contribution in [-0.4, -0.2) is 61.0 Å². The summed E-state index contributed by atoms with van der Waals surface area (Å²) in [5.74, 6) is 0.114. The zero-order chi connectivity index (χ0) is 18.2. The molecule has 0 unspecified atom stereocenters. The van der Waals surface area contributed by atoms with Gasteiger partial charge in [-0.3, -0.25) is 15.0 Å². The third kappa shape index (κ3) is 5.39. The highest BCUT2D eigenvalue weighted by Gasteiger charge is 2.27. The van der Waals surface area contributed by atoms with Gasteiger partial charge in [0.05, 0.1) is 10.8 Å². The molecule has 1 aliphatic rings. The lowest BCUT2D eigenvalue weighted by Gasteiger charge is -2.32. The minimum Gasteiger partial charge on any atom is -0.349 e. The van der Waals surface area contributed by atoms with E-state index >= 15 is 0 Å². The molecule has 0 aromatic heterocycles. The molecule has 0 spiro atoms. The molecule has 0 saturated carbocycles. The standard InChI is InChI=1S/C18H24N2O4S/c1-23-18(24-2)15(21)12-25-16(19)13-8-10-20(11-9-13)17(22)14-6-4-3-5-7-14/h3-7,13,18-19H,8-12H2,1-2H3. The number of likely N-dealkylation sites (tertiary alicyclic amines) is 1. The lowest BCUT2D eigenvalue weighted by atomic mass is 9.97. The van der Waals surface area contributed by atoms with Crippen molar-refractivity contribution in [3.8, 4) is 0 Å². The molecule has 2 rings (SSSR count). The SMILES string of the molecule is COC(OC)C(=O)CSC(=N)C1CCN(C(=O)c2ccccc2)CC1. The van der Waals surface area contributed by atoms with Gasteiger partial charge in [0.2, 0.25) is 6.29 Å². The second-order valence-electron chi connectivity index (χ2n) is 5.86. The van der Waals surface area contributed by atoms with E-state index in [0.717, 1.165) is 12.8 Å². The number of ketones is 1. The molecule has 0 atom stereocenters. The maximum atomic E-state index is 12.4. The summed E-state index contributed by atoms with van der Waals surface area (Å²) in [4.78, 5) is 26.1. The number of Topliss-reactive ketones (excluding diaryl/α,β-unsaturated/α-hetero) is 1. The van der Waals surface area contributed by atoms with E-state index in [4.69, 9.17) is 14.9 Å². The van der Waals surface area contributed by atoms with Crippen molar-refractivity contribution in [1.29, 1.82) is 5.41 Å². The zero-order valence-corrected chi connectivity index (χ0v) is 15.4. The summed E-state index contributed by atoms with van der Waals surface area (Å²) in [5, 5.41) is 8.69. The second-order valence-corrected chi connectivity index (χ2v) is 6.87. The van der Waals surface area contributed by atoms with Gasteiger partial charge in [0, 0.05) is 38.8 Å². The van der Waals surface area contributed by atoms with Crippen LogP contribution in [0.4, 0.5) is 0 Å². The number of hydrogen-bond donors (Lipinski definition) is 1. The Kier molecular flexibility index (Phi) is 7.61. The number of hydrogen-bond acceptors (Lipinski definition) is 6. The number of carbonyl (C=O) groups is 2. The van der Waals surface area contributed by atoms with Crippen molar-refractivity contribution in [1.82, 2.24) is 4.90 Å². The molecule has 1 N–H and O–H groups in total. The van der Waals surface area contributed by atoms with Gasteiger partial charge >= 0.3 is 0 Å². The van der Waals surface area contributed by atoms with Crippen LogP contribution in [-0.2, 0) is 14.3 Å². The summed E-state index contributed by atoms with van der Waals surface area (Å²) in [5.41, 5.74) is 0.696. The van der Waals surface area contributed by atoms with Crippen molar-refractivity contribution in [2.45, 2.75) is 19.1 Å². The number of nitrogens with zero attached hydrogens (tertiary/aromatic N) is 1. The van der Waals surface area contributed by atoms with E-state index in [1.807, 2.05) is 35.2 Å². The molecular weight excluding hydrogens is 340 g/mol. The number of rotatable bonds is 7. The van der Waals surface area contributed by atoms with Crippen molar-refractivity contribution < 1.29 is 19.1 Å². The molecule has 1 amide bonds. The Morgan fingerprint density at radius 1 is 1.20 bits per heavy atom. The topological polar surface area (TPSA) is 79.7 Å². The maximum Gasteiger partial charge on any atom is 0.253 e. The van der Waals surface area contributed by atoms with Crippen molar-refractivity contribution in [2.24, 2.45) is 5.92 Å². The van der Waals surface area contributed by atoms with Crippen LogP contribution in [0.5, 0.6) is 0 Å². The molecule has 1 aromatic rings. The molecule has 1 saturated heterocycles. The van der Waals surface area contributed by atoms with E-state index in [1.165, 1.54) is 26.0 Å². The molecule has 0 aliphatic carbocycles. The molecule has 0 radical (unpaired) electrons. The fraction of sp³-hybridized carbons (Fsp3) is 0.500. The highest BCUT2D eigenvalue weighted by atomic mass is 32.2. The third-order valence-electron chi connectivity index (χ3n) is 4.23. The first kappa shape index (κ1) is 19.6. The Labute approximate surface area is 152 Å². The molecule has 1 aliphatic heterocycles. The molecule has 25 heavy (non-hydrogen) atoms. The van der Waals surface area contributed by atoms with Crippen LogP contribution in [0, 0.1) is 11.3 Å². The monoisotopic (exact) mass is 364 g/mol. The van der Waals surface area contributed by atoms with E-state index in [9.17, 15) is 9.59 Å². The van der Waals surface area contributed by atoms with Crippen LogP contribution in [0.15, 0.2) is 30.3 Å². The average molecular weight is 364 g/mol. The summed E-state index contributed by atoms with van der Waals surface area (Å²) in [6.07, 6.45) is 0.623. The molecule has 1 fully saturated rings. The van der Waals surface area contributed by atoms with E-state index in [-0.39, 0.29) is 23.4 Å². The molecular formula is C18H24N2O4S. The largest absolute Gasteiger partial charge is 0.349 e. The van der Waals surface area contributed by atoms with E-state index in [0.29, 0.717) is 23.7 Å². The van der Waals surface area contributed by atoms with Gasteiger partial charge in [-0.1, -0.05) is 18.2 Å². The van der Waals surface area contributed by atoms with Gasteiger partial charge in [-0.25, -0.2) is 0 Å². The fourth-order valence-electron chi connectivity index (χ4n) is 2.80. The van der Waals surface area contributed by atoms with Gasteiger partial charge in [0.15, 0.2) is 5.78 Å². The Morgan fingerprint density at radius 3 is 2.36 bits per heavy atom. The minimum atomic E-state index is -0.870. The lowest BCUT2D eigenvalue weighted by molar-refractivity contribution is -0.153. The molecule has 0 bridgehead atoms. The molecule has 6 nitrogen and oxygen atoms in total. The third-order valence-corrected chi connectivity index (χ3v) is 5.31. The van der Waals surface area contributed by atoms with Crippen LogP contribution in [0.3, 0.4) is 0 Å². The first-order valence-electron chi connectivity index (χ1n) is 8.20. The molecule has 1 heterocycles. The summed E-state index contributed by atoms with van der Waals surface area (Å²) in [6, 6.07) is 9.24. The van der Waals surface area contributed by atoms with Crippen molar-refractivity contribution >= 4 is 28.5 Å². The number of benzene rings is 1. The Bertz CT molecular complexity index is 596.